The highest BCUT2D eigenvalue weighted by molar-refractivity contribution is 5.77. The predicted molar refractivity (Wildman–Crippen MR) is 86.3 cm³/mol. The lowest BCUT2D eigenvalue weighted by Gasteiger charge is -2.18. The number of carbonyl (C=O) groups is 1. The van der Waals surface area contributed by atoms with Gasteiger partial charge in [-0.1, -0.05) is 36.4 Å². The van der Waals surface area contributed by atoms with Gasteiger partial charge in [0.25, 0.3) is 5.91 Å². The Balaban J connectivity index is 1.81. The van der Waals surface area contributed by atoms with Crippen LogP contribution in [0.2, 0.25) is 0 Å². The van der Waals surface area contributed by atoms with Crippen LogP contribution in [0.4, 0.5) is 0 Å². The molecule has 0 saturated heterocycles. The van der Waals surface area contributed by atoms with E-state index < -0.39 is 0 Å². The molecule has 0 radical (unpaired) electrons. The van der Waals surface area contributed by atoms with Gasteiger partial charge in [-0.05, 0) is 30.2 Å². The zero-order valence-electron chi connectivity index (χ0n) is 13.0. The smallest absolute Gasteiger partial charge is 0.260 e. The van der Waals surface area contributed by atoms with E-state index in [2.05, 4.69) is 0 Å². The third kappa shape index (κ3) is 4.52. The molecule has 0 heterocycles. The maximum Gasteiger partial charge on any atom is 0.260 e. The highest BCUT2D eigenvalue weighted by Gasteiger charge is 2.11. The summed E-state index contributed by atoms with van der Waals surface area (Å²) < 4.78 is 10.8. The molecule has 0 saturated carbocycles. The molecule has 0 atom stereocenters. The van der Waals surface area contributed by atoms with Gasteiger partial charge in [-0.2, -0.15) is 0 Å². The molecule has 0 aliphatic carbocycles. The molecular weight excluding hydrogens is 278 g/mol. The second-order valence-corrected chi connectivity index (χ2v) is 4.98. The molecule has 22 heavy (non-hydrogen) atoms. The Kier molecular flexibility index (Phi) is 5.83. The first kappa shape index (κ1) is 15.9. The molecule has 2 aromatic carbocycles. The first-order valence-electron chi connectivity index (χ1n) is 7.24. The summed E-state index contributed by atoms with van der Waals surface area (Å²) in [4.78, 5) is 13.7. The number of hydrogen-bond donors (Lipinski definition) is 0. The molecule has 0 N–H and O–H groups in total. The van der Waals surface area contributed by atoms with E-state index in [4.69, 9.17) is 9.47 Å². The van der Waals surface area contributed by atoms with E-state index in [0.717, 1.165) is 17.7 Å². The fourth-order valence-corrected chi connectivity index (χ4v) is 2.09. The zero-order chi connectivity index (χ0) is 15.8. The Bertz CT molecular complexity index is 598. The van der Waals surface area contributed by atoms with E-state index in [1.807, 2.05) is 54.6 Å². The molecule has 2 aromatic rings. The lowest BCUT2D eigenvalue weighted by Crippen LogP contribution is -2.33. The zero-order valence-corrected chi connectivity index (χ0v) is 13.0. The van der Waals surface area contributed by atoms with Crippen molar-refractivity contribution in [2.75, 3.05) is 27.3 Å². The van der Waals surface area contributed by atoms with Crippen LogP contribution in [0.25, 0.3) is 0 Å². The van der Waals surface area contributed by atoms with Crippen molar-refractivity contribution in [2.45, 2.75) is 6.42 Å². The SMILES string of the molecule is COc1ccccc1CCN(C)C(=O)COc1ccccc1. The summed E-state index contributed by atoms with van der Waals surface area (Å²) in [6, 6.07) is 17.2. The standard InChI is InChI=1S/C18H21NO3/c1-19(13-12-15-8-6-7-11-17(15)21-2)18(20)14-22-16-9-4-3-5-10-16/h3-11H,12-14H2,1-2H3. The molecule has 2 rings (SSSR count). The van der Waals surface area contributed by atoms with Gasteiger partial charge in [-0.15, -0.1) is 0 Å². The van der Waals surface area contributed by atoms with Crippen LogP contribution in [0.15, 0.2) is 54.6 Å². The Hall–Kier alpha value is -2.49. The highest BCUT2D eigenvalue weighted by Crippen LogP contribution is 2.17. The van der Waals surface area contributed by atoms with Crippen molar-refractivity contribution in [1.82, 2.24) is 4.90 Å². The number of methoxy groups -OCH3 is 1. The van der Waals surface area contributed by atoms with Crippen LogP contribution in [0, 0.1) is 0 Å². The molecule has 4 heteroatoms. The van der Waals surface area contributed by atoms with Gasteiger partial charge in [0.2, 0.25) is 0 Å². The summed E-state index contributed by atoms with van der Waals surface area (Å²) in [7, 11) is 3.44. The van der Waals surface area contributed by atoms with Gasteiger partial charge in [-0.3, -0.25) is 4.79 Å². The van der Waals surface area contributed by atoms with Crippen molar-refractivity contribution in [2.24, 2.45) is 0 Å². The average molecular weight is 299 g/mol. The lowest BCUT2D eigenvalue weighted by atomic mass is 10.1. The number of amides is 1. The number of benzene rings is 2. The maximum absolute atomic E-state index is 12.1. The largest absolute Gasteiger partial charge is 0.496 e. The second kappa shape index (κ2) is 8.08. The summed E-state index contributed by atoms with van der Waals surface area (Å²) in [5.41, 5.74) is 1.09. The topological polar surface area (TPSA) is 38.8 Å². The van der Waals surface area contributed by atoms with Crippen molar-refractivity contribution in [1.29, 1.82) is 0 Å². The minimum Gasteiger partial charge on any atom is -0.496 e. The van der Waals surface area contributed by atoms with Gasteiger partial charge >= 0.3 is 0 Å². The number of ether oxygens (including phenoxy) is 2. The van der Waals surface area contributed by atoms with E-state index in [9.17, 15) is 4.79 Å². The minimum atomic E-state index is -0.0428. The van der Waals surface area contributed by atoms with Crippen LogP contribution < -0.4 is 9.47 Å². The molecule has 0 bridgehead atoms. The van der Waals surface area contributed by atoms with Crippen LogP contribution in [0.1, 0.15) is 5.56 Å². The molecule has 4 nitrogen and oxygen atoms in total. The summed E-state index contributed by atoms with van der Waals surface area (Å²) >= 11 is 0. The van der Waals surface area contributed by atoms with Crippen molar-refractivity contribution < 1.29 is 14.3 Å². The van der Waals surface area contributed by atoms with Crippen LogP contribution in [0.3, 0.4) is 0 Å². The fraction of sp³-hybridized carbons (Fsp3) is 0.278. The Labute approximate surface area is 131 Å². The van der Waals surface area contributed by atoms with Gasteiger partial charge in [0.15, 0.2) is 6.61 Å². The van der Waals surface area contributed by atoms with Gasteiger partial charge in [0.05, 0.1) is 7.11 Å². The van der Waals surface area contributed by atoms with Gasteiger partial charge < -0.3 is 14.4 Å². The molecular formula is C18H21NO3. The van der Waals surface area contributed by atoms with E-state index in [0.29, 0.717) is 12.3 Å². The van der Waals surface area contributed by atoms with Gasteiger partial charge in [0, 0.05) is 13.6 Å². The summed E-state index contributed by atoms with van der Waals surface area (Å²) in [5, 5.41) is 0. The summed E-state index contributed by atoms with van der Waals surface area (Å²) in [6.07, 6.45) is 0.748. The van der Waals surface area contributed by atoms with E-state index in [1.165, 1.54) is 0 Å². The summed E-state index contributed by atoms with van der Waals surface area (Å²) in [5.74, 6) is 1.51. The van der Waals surface area contributed by atoms with Gasteiger partial charge in [-0.25, -0.2) is 0 Å². The third-order valence-corrected chi connectivity index (χ3v) is 3.44. The van der Waals surface area contributed by atoms with Crippen LogP contribution in [0.5, 0.6) is 11.5 Å². The molecule has 0 unspecified atom stereocenters. The summed E-state index contributed by atoms with van der Waals surface area (Å²) in [6.45, 7) is 0.670. The highest BCUT2D eigenvalue weighted by atomic mass is 16.5. The number of carbonyl (C=O) groups excluding carboxylic acids is 1. The lowest BCUT2D eigenvalue weighted by molar-refractivity contribution is -0.132. The molecule has 0 aliphatic rings. The Morgan fingerprint density at radius 3 is 2.45 bits per heavy atom. The monoisotopic (exact) mass is 299 g/mol. The number of para-hydroxylation sites is 2. The average Bonchev–Trinajstić information content (AvgIpc) is 2.58. The van der Waals surface area contributed by atoms with E-state index >= 15 is 0 Å². The van der Waals surface area contributed by atoms with Crippen LogP contribution >= 0.6 is 0 Å². The first-order valence-corrected chi connectivity index (χ1v) is 7.24. The third-order valence-electron chi connectivity index (χ3n) is 3.44. The number of hydrogen-bond acceptors (Lipinski definition) is 3. The normalized spacial score (nSPS) is 10.1. The first-order chi connectivity index (χ1) is 10.7. The van der Waals surface area contributed by atoms with Crippen molar-refractivity contribution >= 4 is 5.91 Å². The minimum absolute atomic E-state index is 0.0428. The molecule has 116 valence electrons. The fourth-order valence-electron chi connectivity index (χ4n) is 2.09. The second-order valence-electron chi connectivity index (χ2n) is 4.98. The molecule has 0 aliphatic heterocycles. The van der Waals surface area contributed by atoms with Crippen molar-refractivity contribution in [3.63, 3.8) is 0 Å². The molecule has 0 fully saturated rings. The number of nitrogens with zero attached hydrogens (tertiary/aromatic N) is 1. The van der Waals surface area contributed by atoms with Crippen LogP contribution in [-0.2, 0) is 11.2 Å². The van der Waals surface area contributed by atoms with Gasteiger partial charge in [0.1, 0.15) is 11.5 Å². The quantitative estimate of drug-likeness (QED) is 0.789. The van der Waals surface area contributed by atoms with Crippen molar-refractivity contribution in [3.05, 3.63) is 60.2 Å². The number of likely N-dealkylation sites (N-methyl/N-ethyl adjacent to an activating group) is 1. The maximum atomic E-state index is 12.1. The van der Waals surface area contributed by atoms with Crippen LogP contribution in [-0.4, -0.2) is 38.1 Å². The Morgan fingerprint density at radius 1 is 1.05 bits per heavy atom. The molecule has 0 spiro atoms. The molecule has 1 amide bonds. The molecule has 0 aromatic heterocycles. The van der Waals surface area contributed by atoms with E-state index in [1.54, 1.807) is 19.1 Å². The Morgan fingerprint density at radius 2 is 1.73 bits per heavy atom. The number of rotatable bonds is 7. The van der Waals surface area contributed by atoms with Crippen molar-refractivity contribution in [3.8, 4) is 11.5 Å². The van der Waals surface area contributed by atoms with E-state index in [-0.39, 0.29) is 12.5 Å². The predicted octanol–water partition coefficient (Wildman–Crippen LogP) is 2.78.